The van der Waals surface area contributed by atoms with Gasteiger partial charge in [-0.25, -0.2) is 19.9 Å². The van der Waals surface area contributed by atoms with Gasteiger partial charge in [-0.15, -0.1) is 0 Å². The molecule has 2 atom stereocenters. The van der Waals surface area contributed by atoms with E-state index < -0.39 is 0 Å². The third kappa shape index (κ3) is 13.0. The van der Waals surface area contributed by atoms with E-state index in [0.717, 1.165) is 163 Å². The molecule has 88 heavy (non-hydrogen) atoms. The quantitative estimate of drug-likeness (QED) is 0.0279. The van der Waals surface area contributed by atoms with Crippen LogP contribution in [0.25, 0.3) is 104 Å². The Bertz CT molecular complexity index is 3740. The molecule has 0 saturated heterocycles. The van der Waals surface area contributed by atoms with Crippen LogP contribution in [0.1, 0.15) is 247 Å². The van der Waals surface area contributed by atoms with Crippen molar-refractivity contribution in [3.63, 3.8) is 0 Å². The van der Waals surface area contributed by atoms with Gasteiger partial charge in [-0.05, 0) is 149 Å². The van der Waals surface area contributed by atoms with Gasteiger partial charge in [-0.3, -0.25) is 0 Å². The van der Waals surface area contributed by atoms with Crippen LogP contribution in [0.15, 0.2) is 73.3 Å². The Hall–Kier alpha value is -8.12. The van der Waals surface area contributed by atoms with Gasteiger partial charge in [0.1, 0.15) is 12.3 Å². The van der Waals surface area contributed by atoms with Crippen LogP contribution >= 0.6 is 0 Å². The highest BCUT2D eigenvalue weighted by molar-refractivity contribution is 6.01. The molecule has 12 heteroatoms. The van der Waals surface area contributed by atoms with E-state index in [4.69, 9.17) is 19.9 Å². The van der Waals surface area contributed by atoms with Crippen LogP contribution in [0.4, 0.5) is 0 Å². The minimum atomic E-state index is -0.0891. The predicted molar refractivity (Wildman–Crippen MR) is 372 cm³/mol. The summed E-state index contributed by atoms with van der Waals surface area (Å²) in [4.78, 5) is 43.7. The highest BCUT2D eigenvalue weighted by Crippen LogP contribution is 2.40. The number of fused-ring (bicyclic) bond motifs is 16. The van der Waals surface area contributed by atoms with Crippen molar-refractivity contribution in [2.24, 2.45) is 0 Å². The Morgan fingerprint density at radius 2 is 0.568 bits per heavy atom. The van der Waals surface area contributed by atoms with Crippen molar-refractivity contribution in [3.8, 4) is 11.1 Å². The van der Waals surface area contributed by atoms with Crippen molar-refractivity contribution in [1.82, 2.24) is 60.3 Å². The summed E-state index contributed by atoms with van der Waals surface area (Å²) < 4.78 is 0. The van der Waals surface area contributed by atoms with Gasteiger partial charge in [0.25, 0.3) is 0 Å². The molecule has 2 unspecified atom stereocenters. The second-order valence-corrected chi connectivity index (χ2v) is 25.3. The first-order valence-electron chi connectivity index (χ1n) is 33.9. The number of nitrogens with zero attached hydrogens (tertiary/aromatic N) is 6. The van der Waals surface area contributed by atoms with E-state index in [0.29, 0.717) is 0 Å². The molecule has 0 aromatic carbocycles. The van der Waals surface area contributed by atoms with Gasteiger partial charge in [0, 0.05) is 128 Å². The van der Waals surface area contributed by atoms with Gasteiger partial charge in [-0.1, -0.05) is 130 Å². The lowest BCUT2D eigenvalue weighted by Crippen LogP contribution is -2.24. The van der Waals surface area contributed by atoms with Crippen LogP contribution in [-0.2, 0) is 25.7 Å². The first kappa shape index (κ1) is 60.2. The maximum Gasteiger partial charge on any atom is 0.129 e. The number of rotatable bonds is 27. The highest BCUT2D eigenvalue weighted by Gasteiger charge is 2.28. The molecule has 6 aromatic heterocycles. The summed E-state index contributed by atoms with van der Waals surface area (Å²) in [6, 6.07) is 18.3. The molecule has 0 saturated carbocycles. The SMILES string of the molecule is CCCCCCCc1c2nc(c(C3NC=CN3C)c3ccc([nH]3)c(CCCCCCC)c3nc(c(-c4c5nc(c(CCCCCCC)c6ccc([nH]6)c(C6NC=CN6C)c6nc(c(CCCCCCC)c7ccc4[nH]7)C=C6)C=C5)c4ccc1[nH]4)C=C3)C=C2. The van der Waals surface area contributed by atoms with Gasteiger partial charge in [0.2, 0.25) is 0 Å². The second-order valence-electron chi connectivity index (χ2n) is 25.3. The zero-order valence-electron chi connectivity index (χ0n) is 53.4. The topological polar surface area (TPSA) is 145 Å². The van der Waals surface area contributed by atoms with E-state index in [-0.39, 0.29) is 12.3 Å². The Labute approximate surface area is 522 Å². The molecular formula is C76H94N12. The van der Waals surface area contributed by atoms with E-state index in [1.54, 1.807) is 0 Å². The number of unbranched alkanes of at least 4 members (excludes halogenated alkanes) is 16. The molecular weight excluding hydrogens is 1080 g/mol. The molecule has 12 rings (SSSR count). The average molecular weight is 1180 g/mol. The smallest absolute Gasteiger partial charge is 0.129 e. The summed E-state index contributed by atoms with van der Waals surface area (Å²) in [5.74, 6) is 0. The van der Waals surface area contributed by atoms with Gasteiger partial charge in [-0.2, -0.15) is 0 Å². The Balaban J connectivity index is 1.17. The minimum absolute atomic E-state index is 0.0891. The van der Waals surface area contributed by atoms with E-state index in [1.165, 1.54) is 125 Å². The monoisotopic (exact) mass is 1170 g/mol. The summed E-state index contributed by atoms with van der Waals surface area (Å²) in [6.07, 6.45) is 53.5. The molecule has 0 aliphatic carbocycles. The lowest BCUT2D eigenvalue weighted by molar-refractivity contribution is 0.341. The molecule has 6 aliphatic heterocycles. The number of H-pyrrole nitrogens is 4. The maximum absolute atomic E-state index is 5.86. The molecule has 0 fully saturated rings. The fourth-order valence-electron chi connectivity index (χ4n) is 14.0. The molecule has 458 valence electrons. The third-order valence-corrected chi connectivity index (χ3v) is 18.9. The van der Waals surface area contributed by atoms with Crippen molar-refractivity contribution in [2.45, 2.75) is 194 Å². The molecule has 6 N–H and O–H groups in total. The normalized spacial score (nSPS) is 15.7. The fourth-order valence-corrected chi connectivity index (χ4v) is 14.0. The Kier molecular flexibility index (Phi) is 19.4. The lowest BCUT2D eigenvalue weighted by atomic mass is 10.0. The van der Waals surface area contributed by atoms with Crippen molar-refractivity contribution in [2.75, 3.05) is 14.1 Å². The Morgan fingerprint density at radius 3 is 0.875 bits per heavy atom. The molecule has 6 aliphatic rings. The molecule has 6 aromatic rings. The van der Waals surface area contributed by atoms with Crippen LogP contribution < -0.4 is 10.6 Å². The zero-order chi connectivity index (χ0) is 60.3. The molecule has 0 amide bonds. The summed E-state index contributed by atoms with van der Waals surface area (Å²) >= 11 is 0. The largest absolute Gasteiger partial charge is 0.366 e. The van der Waals surface area contributed by atoms with Crippen LogP contribution in [0.5, 0.6) is 0 Å². The maximum atomic E-state index is 5.86. The summed E-state index contributed by atoms with van der Waals surface area (Å²) in [7, 11) is 4.28. The van der Waals surface area contributed by atoms with Crippen LogP contribution in [0, 0.1) is 0 Å². The van der Waals surface area contributed by atoms with Crippen LogP contribution in [-0.4, -0.2) is 63.8 Å². The fraction of sp³-hybridized carbons (Fsp3) is 0.421. The molecule has 16 bridgehead atoms. The molecule has 0 spiro atoms. The number of aromatic amines is 4. The number of nitrogens with one attached hydrogen (secondary N) is 6. The highest BCUT2D eigenvalue weighted by atomic mass is 15.3. The van der Waals surface area contributed by atoms with Crippen LogP contribution in [0.3, 0.4) is 0 Å². The molecule has 12 nitrogen and oxygen atoms in total. The number of aromatic nitrogens is 8. The standard InChI is InChI=1S/C76H94N12/c1-7-11-15-19-23-27-51-55-31-39-63(79-55)71(64-40-32-56(80-64)52(28-24-20-16-12-8-2)60-36-44-68(84-60)73(67-43-35-59(51)83-67)75-77-47-49-87(75)5)72-65-41-33-57(81-65)53(29-25-21-17-13-9-3)61-37-45-69(85-61)74(76-78-48-50-88(76)6)70-46-38-62(86-70)54(30-26-22-18-14-10-4)58-34-42-66(72)82-58/h31-50,75-79,81,84,86H,7-30H2,1-6H3. The van der Waals surface area contributed by atoms with E-state index in [2.05, 4.69) is 192 Å². The number of hydrogen-bond donors (Lipinski definition) is 6. The van der Waals surface area contributed by atoms with E-state index in [1.807, 2.05) is 12.4 Å². The molecule has 12 heterocycles. The second kappa shape index (κ2) is 28.4. The minimum Gasteiger partial charge on any atom is -0.366 e. The van der Waals surface area contributed by atoms with Crippen molar-refractivity contribution >= 4 is 92.7 Å². The summed E-state index contributed by atoms with van der Waals surface area (Å²) in [5.41, 5.74) is 25.3. The van der Waals surface area contributed by atoms with Gasteiger partial charge < -0.3 is 40.4 Å². The first-order valence-corrected chi connectivity index (χ1v) is 33.9. The lowest BCUT2D eigenvalue weighted by Gasteiger charge is -2.22. The Morgan fingerprint density at radius 1 is 0.307 bits per heavy atom. The zero-order valence-corrected chi connectivity index (χ0v) is 53.4. The number of aryl methyl sites for hydroxylation is 4. The van der Waals surface area contributed by atoms with E-state index in [9.17, 15) is 0 Å². The van der Waals surface area contributed by atoms with Crippen molar-refractivity contribution in [1.29, 1.82) is 0 Å². The van der Waals surface area contributed by atoms with Gasteiger partial charge in [0.05, 0.1) is 45.6 Å². The van der Waals surface area contributed by atoms with Gasteiger partial charge >= 0.3 is 0 Å². The summed E-state index contributed by atoms with van der Waals surface area (Å²) in [5, 5.41) is 7.33. The van der Waals surface area contributed by atoms with E-state index >= 15 is 0 Å². The average Bonchev–Trinajstić information content (AvgIpc) is 2.44. The first-order chi connectivity index (χ1) is 43.3. The van der Waals surface area contributed by atoms with Crippen molar-refractivity contribution < 1.29 is 0 Å². The molecule has 0 radical (unpaired) electrons. The van der Waals surface area contributed by atoms with Crippen molar-refractivity contribution in [3.05, 3.63) is 152 Å². The number of hydrogen-bond acceptors (Lipinski definition) is 8. The third-order valence-electron chi connectivity index (χ3n) is 18.9. The van der Waals surface area contributed by atoms with Gasteiger partial charge in [0.15, 0.2) is 0 Å². The summed E-state index contributed by atoms with van der Waals surface area (Å²) in [6.45, 7) is 9.17. The van der Waals surface area contributed by atoms with Crippen LogP contribution in [0.2, 0.25) is 0 Å². The predicted octanol–water partition coefficient (Wildman–Crippen LogP) is 19.4.